The molecule has 0 bridgehead atoms. The Morgan fingerprint density at radius 2 is 1.88 bits per heavy atom. The Balaban J connectivity index is 1.96. The highest BCUT2D eigenvalue weighted by molar-refractivity contribution is 9.10. The highest BCUT2D eigenvalue weighted by Crippen LogP contribution is 2.40. The summed E-state index contributed by atoms with van der Waals surface area (Å²) in [6.07, 6.45) is -4.58. The van der Waals surface area contributed by atoms with Crippen LogP contribution in [0.5, 0.6) is 0 Å². The molecule has 33 heavy (non-hydrogen) atoms. The molecule has 0 N–H and O–H groups in total. The lowest BCUT2D eigenvalue weighted by Gasteiger charge is -2.23. The number of pyridine rings is 1. The van der Waals surface area contributed by atoms with E-state index < -0.39 is 18.5 Å². The number of halogens is 5. The third-order valence-electron chi connectivity index (χ3n) is 4.79. The fraction of sp³-hybridized carbons (Fsp3) is 0.238. The molecule has 12 heteroatoms. The maximum absolute atomic E-state index is 13.7. The Bertz CT molecular complexity index is 1370. The number of nitrogens with zero attached hydrogens (tertiary/aromatic N) is 6. The van der Waals surface area contributed by atoms with Gasteiger partial charge in [0.2, 0.25) is 0 Å². The first-order valence-electron chi connectivity index (χ1n) is 9.66. The Hall–Kier alpha value is -3.04. The second-order valence-corrected chi connectivity index (χ2v) is 8.88. The number of aryl methyl sites for hydroxylation is 2. The molecule has 0 aliphatic rings. The van der Waals surface area contributed by atoms with Crippen LogP contribution in [0.15, 0.2) is 34.9 Å². The number of fused-ring (bicyclic) bond motifs is 1. The van der Waals surface area contributed by atoms with Gasteiger partial charge in [0.1, 0.15) is 44.6 Å². The van der Waals surface area contributed by atoms with Gasteiger partial charge in [-0.2, -0.15) is 23.5 Å². The molecule has 0 aliphatic heterocycles. The minimum Gasteiger partial charge on any atom is -0.291 e. The van der Waals surface area contributed by atoms with Gasteiger partial charge in [0, 0.05) is 12.1 Å². The van der Waals surface area contributed by atoms with E-state index in [-0.39, 0.29) is 27.0 Å². The fourth-order valence-electron chi connectivity index (χ4n) is 3.40. The van der Waals surface area contributed by atoms with E-state index >= 15 is 0 Å². The Morgan fingerprint density at radius 3 is 2.48 bits per heavy atom. The van der Waals surface area contributed by atoms with E-state index in [1.165, 1.54) is 28.9 Å². The first-order chi connectivity index (χ1) is 15.6. The van der Waals surface area contributed by atoms with E-state index in [2.05, 4.69) is 31.0 Å². The van der Waals surface area contributed by atoms with Crippen molar-refractivity contribution >= 4 is 49.2 Å². The van der Waals surface area contributed by atoms with Crippen LogP contribution in [0.1, 0.15) is 17.4 Å². The van der Waals surface area contributed by atoms with Crippen LogP contribution >= 0.6 is 27.3 Å². The summed E-state index contributed by atoms with van der Waals surface area (Å²) in [7, 11) is 0. The Kier molecular flexibility index (Phi) is 6.11. The van der Waals surface area contributed by atoms with Gasteiger partial charge in [-0.1, -0.05) is 11.3 Å². The smallest absolute Gasteiger partial charge is 0.291 e. The maximum Gasteiger partial charge on any atom is 0.406 e. The summed E-state index contributed by atoms with van der Waals surface area (Å²) >= 11 is 4.12. The largest absolute Gasteiger partial charge is 0.406 e. The molecule has 0 fully saturated rings. The second kappa shape index (κ2) is 8.72. The van der Waals surface area contributed by atoms with Crippen LogP contribution < -0.4 is 4.90 Å². The summed E-state index contributed by atoms with van der Waals surface area (Å²) in [6, 6.07) is 8.98. The summed E-state index contributed by atoms with van der Waals surface area (Å²) in [5.41, 5.74) is 2.11. The second-order valence-electron chi connectivity index (χ2n) is 7.09. The minimum absolute atomic E-state index is 0.0425. The molecule has 3 heterocycles. The number of rotatable bonds is 5. The lowest BCUT2D eigenvalue weighted by molar-refractivity contribution is -0.118. The molecule has 0 saturated carbocycles. The van der Waals surface area contributed by atoms with E-state index in [4.69, 9.17) is 0 Å². The quantitative estimate of drug-likeness (QED) is 0.218. The van der Waals surface area contributed by atoms with Crippen molar-refractivity contribution < 1.29 is 17.6 Å². The van der Waals surface area contributed by atoms with Gasteiger partial charge in [-0.05, 0) is 65.7 Å². The van der Waals surface area contributed by atoms with Crippen molar-refractivity contribution in [2.45, 2.75) is 26.6 Å². The van der Waals surface area contributed by atoms with Crippen molar-refractivity contribution in [3.63, 3.8) is 0 Å². The number of hydrogen-bond donors (Lipinski definition) is 0. The van der Waals surface area contributed by atoms with Crippen molar-refractivity contribution in [2.75, 3.05) is 11.4 Å². The summed E-state index contributed by atoms with van der Waals surface area (Å²) < 4.78 is 56.4. The van der Waals surface area contributed by atoms with E-state index in [0.717, 1.165) is 21.8 Å². The summed E-state index contributed by atoms with van der Waals surface area (Å²) in [4.78, 5) is 9.85. The van der Waals surface area contributed by atoms with Gasteiger partial charge in [-0.25, -0.2) is 19.0 Å². The molecule has 6 nitrogen and oxygen atoms in total. The molecule has 0 aliphatic carbocycles. The molecule has 0 atom stereocenters. The molecule has 0 saturated heterocycles. The molecule has 0 spiro atoms. The van der Waals surface area contributed by atoms with Crippen molar-refractivity contribution in [3.8, 4) is 17.3 Å². The van der Waals surface area contributed by atoms with Crippen LogP contribution in [0.2, 0.25) is 0 Å². The molecule has 0 amide bonds. The number of nitriles is 1. The van der Waals surface area contributed by atoms with E-state index in [1.807, 2.05) is 6.07 Å². The lowest BCUT2D eigenvalue weighted by atomic mass is 10.1. The van der Waals surface area contributed by atoms with Gasteiger partial charge < -0.3 is 0 Å². The van der Waals surface area contributed by atoms with Crippen LogP contribution in [0.25, 0.3) is 22.3 Å². The van der Waals surface area contributed by atoms with E-state index in [9.17, 15) is 22.8 Å². The van der Waals surface area contributed by atoms with Gasteiger partial charge >= 0.3 is 6.18 Å². The van der Waals surface area contributed by atoms with Crippen LogP contribution in [0.3, 0.4) is 0 Å². The normalized spacial score (nSPS) is 11.7. The average Bonchev–Trinajstić information content (AvgIpc) is 3.33. The summed E-state index contributed by atoms with van der Waals surface area (Å²) in [5, 5.41) is 14.0. The standard InChI is InChI=1S/C21H15BrF4N6S/c1-3-32-19(18-16(30-32)11(2)8-15(22)28-18)31(10-21(24,25)26)20-29-17(14(9-27)33-20)12-4-6-13(23)7-5-12/h4-8H,3,10H2,1-2H3. The van der Waals surface area contributed by atoms with Gasteiger partial charge in [0.25, 0.3) is 0 Å². The predicted octanol–water partition coefficient (Wildman–Crippen LogP) is 6.36. The summed E-state index contributed by atoms with van der Waals surface area (Å²) in [6.45, 7) is 2.49. The molecule has 0 radical (unpaired) electrons. The zero-order chi connectivity index (χ0) is 23.9. The minimum atomic E-state index is -4.58. The van der Waals surface area contributed by atoms with Crippen molar-refractivity contribution in [3.05, 3.63) is 51.2 Å². The number of aromatic nitrogens is 4. The third-order valence-corrected chi connectivity index (χ3v) is 6.18. The zero-order valence-electron chi connectivity index (χ0n) is 17.3. The maximum atomic E-state index is 13.7. The fourth-order valence-corrected chi connectivity index (χ4v) is 4.81. The number of benzene rings is 1. The zero-order valence-corrected chi connectivity index (χ0v) is 19.7. The first kappa shape index (κ1) is 23.1. The van der Waals surface area contributed by atoms with Gasteiger partial charge in [0.15, 0.2) is 10.9 Å². The third kappa shape index (κ3) is 4.56. The Labute approximate surface area is 198 Å². The molecular formula is C21H15BrF4N6S. The number of alkyl halides is 3. The van der Waals surface area contributed by atoms with Crippen LogP contribution in [-0.4, -0.2) is 32.5 Å². The molecule has 3 aromatic heterocycles. The monoisotopic (exact) mass is 538 g/mol. The average molecular weight is 539 g/mol. The van der Waals surface area contributed by atoms with Crippen LogP contribution in [0, 0.1) is 24.1 Å². The van der Waals surface area contributed by atoms with Crippen LogP contribution in [0.4, 0.5) is 28.5 Å². The highest BCUT2D eigenvalue weighted by atomic mass is 79.9. The van der Waals surface area contributed by atoms with Crippen LogP contribution in [-0.2, 0) is 6.54 Å². The SMILES string of the molecule is CCn1nc2c(C)cc(Br)nc2c1N(CC(F)(F)F)c1nc(-c2ccc(F)cc2)c(C#N)s1. The molecule has 0 unspecified atom stereocenters. The first-order valence-corrected chi connectivity index (χ1v) is 11.3. The Morgan fingerprint density at radius 1 is 1.18 bits per heavy atom. The molecular weight excluding hydrogens is 524 g/mol. The lowest BCUT2D eigenvalue weighted by Crippen LogP contribution is -2.32. The number of anilines is 2. The molecule has 1 aromatic carbocycles. The highest BCUT2D eigenvalue weighted by Gasteiger charge is 2.36. The van der Waals surface area contributed by atoms with E-state index in [0.29, 0.717) is 22.2 Å². The van der Waals surface area contributed by atoms with Gasteiger partial charge in [0.05, 0.1) is 0 Å². The van der Waals surface area contributed by atoms with Gasteiger partial charge in [-0.3, -0.25) is 4.90 Å². The van der Waals surface area contributed by atoms with Crippen molar-refractivity contribution in [1.29, 1.82) is 5.26 Å². The topological polar surface area (TPSA) is 70.6 Å². The molecule has 4 rings (SSSR count). The predicted molar refractivity (Wildman–Crippen MR) is 121 cm³/mol. The molecule has 4 aromatic rings. The van der Waals surface area contributed by atoms with Crippen molar-refractivity contribution in [2.24, 2.45) is 0 Å². The summed E-state index contributed by atoms with van der Waals surface area (Å²) in [5.74, 6) is -0.352. The van der Waals surface area contributed by atoms with Crippen molar-refractivity contribution in [1.82, 2.24) is 19.7 Å². The van der Waals surface area contributed by atoms with Gasteiger partial charge in [-0.15, -0.1) is 0 Å². The molecule has 170 valence electrons. The van der Waals surface area contributed by atoms with E-state index in [1.54, 1.807) is 19.9 Å². The number of hydrogen-bond acceptors (Lipinski definition) is 6. The number of thiazole rings is 1.